The number of hydrogen-bond acceptors (Lipinski definition) is 7. The van der Waals surface area contributed by atoms with E-state index in [9.17, 15) is 13.2 Å². The van der Waals surface area contributed by atoms with Crippen molar-refractivity contribution in [3.63, 3.8) is 0 Å². The fourth-order valence-corrected chi connectivity index (χ4v) is 3.14. The molecule has 0 radical (unpaired) electrons. The number of nitrogens with zero attached hydrogens (tertiary/aromatic N) is 1. The lowest BCUT2D eigenvalue weighted by Crippen LogP contribution is -1.98. The molecule has 6 nitrogen and oxygen atoms in total. The van der Waals surface area contributed by atoms with E-state index in [0.717, 1.165) is 17.6 Å². The number of esters is 1. The normalized spacial score (nSPS) is 11.2. The molecule has 0 aliphatic heterocycles. The molecule has 0 bridgehead atoms. The van der Waals surface area contributed by atoms with E-state index in [4.69, 9.17) is 16.3 Å². The number of carbonyl (C=O) groups excluding carboxylic acids is 1. The van der Waals surface area contributed by atoms with E-state index in [1.165, 1.54) is 19.2 Å². The molecule has 1 aromatic heterocycles. The summed E-state index contributed by atoms with van der Waals surface area (Å²) in [5, 5.41) is 0.0900. The molecule has 0 saturated heterocycles. The Hall–Kier alpha value is -1.64. The molecule has 0 amide bonds. The minimum Gasteiger partial charge on any atom is -0.465 e. The van der Waals surface area contributed by atoms with E-state index in [0.29, 0.717) is 0 Å². The second-order valence-corrected chi connectivity index (χ2v) is 7.28. The van der Waals surface area contributed by atoms with Crippen LogP contribution in [0.5, 0.6) is 10.9 Å². The number of hydrogen-bond donors (Lipinski definition) is 0. The lowest BCUT2D eigenvalue weighted by Gasteiger charge is -2.03. The van der Waals surface area contributed by atoms with Gasteiger partial charge in [-0.25, -0.2) is 13.2 Å². The number of sulfone groups is 1. The van der Waals surface area contributed by atoms with Crippen molar-refractivity contribution in [3.8, 4) is 10.9 Å². The second kappa shape index (κ2) is 6.00. The van der Waals surface area contributed by atoms with Gasteiger partial charge in [-0.1, -0.05) is 29.0 Å². The topological polar surface area (TPSA) is 82.6 Å². The number of thiazole rings is 1. The third-order valence-corrected chi connectivity index (χ3v) is 4.78. The Balaban J connectivity index is 2.29. The number of ether oxygens (including phenoxy) is 2. The van der Waals surface area contributed by atoms with Gasteiger partial charge in [0, 0.05) is 6.26 Å². The van der Waals surface area contributed by atoms with Crippen LogP contribution in [0, 0.1) is 0 Å². The largest absolute Gasteiger partial charge is 0.465 e. The SMILES string of the molecule is COC(=O)c1sc(Oc2cccc(S(C)(=O)=O)c2)nc1Cl. The maximum absolute atomic E-state index is 11.5. The molecule has 0 spiro atoms. The molecular formula is C12H10ClNO5S2. The zero-order valence-corrected chi connectivity index (χ0v) is 13.4. The van der Waals surface area contributed by atoms with E-state index in [-0.39, 0.29) is 25.9 Å². The third kappa shape index (κ3) is 3.72. The van der Waals surface area contributed by atoms with Gasteiger partial charge >= 0.3 is 5.97 Å². The van der Waals surface area contributed by atoms with Crippen molar-refractivity contribution in [1.29, 1.82) is 0 Å². The van der Waals surface area contributed by atoms with Gasteiger partial charge in [0.2, 0.25) is 0 Å². The third-order valence-electron chi connectivity index (χ3n) is 2.38. The monoisotopic (exact) mass is 347 g/mol. The summed E-state index contributed by atoms with van der Waals surface area (Å²) in [4.78, 5) is 15.5. The summed E-state index contributed by atoms with van der Waals surface area (Å²) in [5.74, 6) is -0.336. The minimum absolute atomic E-state index is 0.0267. The Labute approximate surface area is 130 Å². The van der Waals surface area contributed by atoms with Gasteiger partial charge in [0.05, 0.1) is 12.0 Å². The summed E-state index contributed by atoms with van der Waals surface area (Å²) >= 11 is 6.72. The van der Waals surface area contributed by atoms with Gasteiger partial charge in [-0.05, 0) is 18.2 Å². The van der Waals surface area contributed by atoms with Crippen molar-refractivity contribution < 1.29 is 22.7 Å². The van der Waals surface area contributed by atoms with E-state index < -0.39 is 15.8 Å². The van der Waals surface area contributed by atoms with Gasteiger partial charge < -0.3 is 9.47 Å². The summed E-state index contributed by atoms with van der Waals surface area (Å²) in [6.07, 6.45) is 1.10. The fourth-order valence-electron chi connectivity index (χ4n) is 1.41. The summed E-state index contributed by atoms with van der Waals surface area (Å²) in [5.41, 5.74) is 0. The first-order chi connectivity index (χ1) is 9.81. The molecule has 0 saturated carbocycles. The predicted octanol–water partition coefficient (Wildman–Crippen LogP) is 2.78. The highest BCUT2D eigenvalue weighted by molar-refractivity contribution is 7.90. The highest BCUT2D eigenvalue weighted by Gasteiger charge is 2.19. The molecule has 1 aromatic carbocycles. The molecule has 2 rings (SSSR count). The van der Waals surface area contributed by atoms with Crippen molar-refractivity contribution in [2.24, 2.45) is 0 Å². The standard InChI is InChI=1S/C12H10ClNO5S2/c1-18-11(15)9-10(13)14-12(20-9)19-7-4-3-5-8(6-7)21(2,16)17/h3-6H,1-2H3. The van der Waals surface area contributed by atoms with Crippen LogP contribution in [0.4, 0.5) is 0 Å². The number of methoxy groups -OCH3 is 1. The summed E-state index contributed by atoms with van der Waals surface area (Å²) in [6.45, 7) is 0. The number of aromatic nitrogens is 1. The molecule has 0 atom stereocenters. The van der Waals surface area contributed by atoms with Crippen LogP contribution in [0.3, 0.4) is 0 Å². The molecule has 21 heavy (non-hydrogen) atoms. The van der Waals surface area contributed by atoms with Crippen LogP contribution in [0.2, 0.25) is 5.15 Å². The van der Waals surface area contributed by atoms with Gasteiger partial charge in [0.1, 0.15) is 5.75 Å². The molecule has 0 N–H and O–H groups in total. The number of benzene rings is 1. The van der Waals surface area contributed by atoms with Crippen LogP contribution in [0.1, 0.15) is 9.67 Å². The van der Waals surface area contributed by atoms with E-state index in [2.05, 4.69) is 9.72 Å². The van der Waals surface area contributed by atoms with Crippen LogP contribution >= 0.6 is 22.9 Å². The maximum atomic E-state index is 11.5. The van der Waals surface area contributed by atoms with E-state index in [1.807, 2.05) is 0 Å². The summed E-state index contributed by atoms with van der Waals surface area (Å²) < 4.78 is 32.9. The molecule has 0 unspecified atom stereocenters. The van der Waals surface area contributed by atoms with Crippen molar-refractivity contribution in [2.45, 2.75) is 4.90 Å². The minimum atomic E-state index is -3.34. The van der Waals surface area contributed by atoms with Gasteiger partial charge in [0.15, 0.2) is 19.9 Å². The zero-order chi connectivity index (χ0) is 15.6. The first kappa shape index (κ1) is 15.7. The maximum Gasteiger partial charge on any atom is 0.351 e. The quantitative estimate of drug-likeness (QED) is 0.791. The Morgan fingerprint density at radius 2 is 2.10 bits per heavy atom. The van der Waals surface area contributed by atoms with Crippen LogP contribution in [-0.4, -0.2) is 32.7 Å². The molecule has 9 heteroatoms. The number of halogens is 1. The Kier molecular flexibility index (Phi) is 4.50. The highest BCUT2D eigenvalue weighted by atomic mass is 35.5. The lowest BCUT2D eigenvalue weighted by atomic mass is 10.3. The molecule has 0 fully saturated rings. The number of rotatable bonds is 4. The smallest absolute Gasteiger partial charge is 0.351 e. The van der Waals surface area contributed by atoms with Crippen molar-refractivity contribution in [1.82, 2.24) is 4.98 Å². The van der Waals surface area contributed by atoms with Gasteiger partial charge in [-0.15, -0.1) is 0 Å². The van der Waals surface area contributed by atoms with E-state index in [1.54, 1.807) is 12.1 Å². The van der Waals surface area contributed by atoms with Gasteiger partial charge in [0.25, 0.3) is 5.19 Å². The highest BCUT2D eigenvalue weighted by Crippen LogP contribution is 2.33. The lowest BCUT2D eigenvalue weighted by molar-refractivity contribution is 0.0606. The Bertz CT molecular complexity index is 785. The van der Waals surface area contributed by atoms with Crippen molar-refractivity contribution in [3.05, 3.63) is 34.3 Å². The molecule has 0 aliphatic rings. The first-order valence-electron chi connectivity index (χ1n) is 5.54. The summed E-state index contributed by atoms with van der Waals surface area (Å²) in [7, 11) is -2.10. The number of carbonyl (C=O) groups is 1. The molecule has 2 aromatic rings. The molecule has 0 aliphatic carbocycles. The van der Waals surface area contributed by atoms with Crippen LogP contribution in [0.25, 0.3) is 0 Å². The first-order valence-corrected chi connectivity index (χ1v) is 8.62. The van der Waals surface area contributed by atoms with Crippen molar-refractivity contribution >= 4 is 38.7 Å². The van der Waals surface area contributed by atoms with Crippen LogP contribution in [-0.2, 0) is 14.6 Å². The van der Waals surface area contributed by atoms with Gasteiger partial charge in [-0.3, -0.25) is 0 Å². The average molecular weight is 348 g/mol. The molecule has 112 valence electrons. The second-order valence-electron chi connectivity index (χ2n) is 3.94. The zero-order valence-electron chi connectivity index (χ0n) is 11.0. The molecule has 1 heterocycles. The average Bonchev–Trinajstić information content (AvgIpc) is 2.78. The fraction of sp³-hybridized carbons (Fsp3) is 0.167. The van der Waals surface area contributed by atoms with Crippen LogP contribution in [0.15, 0.2) is 29.2 Å². The predicted molar refractivity (Wildman–Crippen MR) is 78.1 cm³/mol. The van der Waals surface area contributed by atoms with Crippen LogP contribution < -0.4 is 4.74 Å². The van der Waals surface area contributed by atoms with E-state index >= 15 is 0 Å². The van der Waals surface area contributed by atoms with Crippen molar-refractivity contribution in [2.75, 3.05) is 13.4 Å². The summed E-state index contributed by atoms with van der Waals surface area (Å²) in [6, 6.07) is 5.93. The molecular weight excluding hydrogens is 338 g/mol. The Morgan fingerprint density at radius 1 is 1.38 bits per heavy atom. The van der Waals surface area contributed by atoms with Gasteiger partial charge in [-0.2, -0.15) is 4.98 Å². The Morgan fingerprint density at radius 3 is 2.71 bits per heavy atom.